The third kappa shape index (κ3) is 6.13. The monoisotopic (exact) mass is 379 g/mol. The lowest BCUT2D eigenvalue weighted by Gasteiger charge is -2.14. The number of hydrogen-bond acceptors (Lipinski definition) is 4. The molecule has 0 aromatic heterocycles. The summed E-state index contributed by atoms with van der Waals surface area (Å²) >= 11 is 0. The van der Waals surface area contributed by atoms with Crippen LogP contribution in [0.3, 0.4) is 0 Å². The summed E-state index contributed by atoms with van der Waals surface area (Å²) < 4.78 is 40.6. The van der Waals surface area contributed by atoms with E-state index >= 15 is 0 Å². The summed E-state index contributed by atoms with van der Waals surface area (Å²) in [5, 5.41) is 2.70. The number of para-hydroxylation sites is 1. The van der Waals surface area contributed by atoms with E-state index in [0.29, 0.717) is 35.8 Å². The number of hydrogen-bond donors (Lipinski definition) is 1. The molecule has 1 N–H and O–H groups in total. The van der Waals surface area contributed by atoms with Gasteiger partial charge in [0.2, 0.25) is 0 Å². The molecule has 0 bridgehead atoms. The molecule has 0 aliphatic heterocycles. The molecule has 0 heterocycles. The van der Waals surface area contributed by atoms with Gasteiger partial charge in [0.1, 0.15) is 5.75 Å². The molecule has 2 aromatic carbocycles. The van der Waals surface area contributed by atoms with Gasteiger partial charge in [0.05, 0.1) is 13.2 Å². The first-order chi connectivity index (χ1) is 13.0. The second kappa shape index (κ2) is 10.4. The molecule has 7 heteroatoms. The van der Waals surface area contributed by atoms with E-state index in [1.165, 1.54) is 6.07 Å². The van der Waals surface area contributed by atoms with Crippen LogP contribution >= 0.6 is 0 Å². The Kier molecular flexibility index (Phi) is 7.85. The third-order valence-electron chi connectivity index (χ3n) is 3.60. The third-order valence-corrected chi connectivity index (χ3v) is 3.60. The number of rotatable bonds is 10. The van der Waals surface area contributed by atoms with Crippen LogP contribution in [0.25, 0.3) is 0 Å². The summed E-state index contributed by atoms with van der Waals surface area (Å²) in [7, 11) is 0. The highest BCUT2D eigenvalue weighted by atomic mass is 19.3. The summed E-state index contributed by atoms with van der Waals surface area (Å²) in [6.45, 7) is 1.96. The molecule has 5 nitrogen and oxygen atoms in total. The van der Waals surface area contributed by atoms with E-state index in [1.807, 2.05) is 13.8 Å². The Morgan fingerprint density at radius 2 is 1.81 bits per heavy atom. The number of carbonyl (C=O) groups excluding carboxylic acids is 1. The van der Waals surface area contributed by atoms with Gasteiger partial charge in [-0.3, -0.25) is 4.79 Å². The number of alkyl halides is 2. The predicted molar refractivity (Wildman–Crippen MR) is 97.6 cm³/mol. The SMILES string of the molecule is CCCOc1ccc(C(=O)NCc2ccccc2OC(F)F)cc1OCC. The molecular weight excluding hydrogens is 356 g/mol. The van der Waals surface area contributed by atoms with Crippen LogP contribution in [0.4, 0.5) is 8.78 Å². The molecule has 27 heavy (non-hydrogen) atoms. The van der Waals surface area contributed by atoms with E-state index in [9.17, 15) is 13.6 Å². The van der Waals surface area contributed by atoms with Gasteiger partial charge in [0.25, 0.3) is 5.91 Å². The minimum Gasteiger partial charge on any atom is -0.490 e. The van der Waals surface area contributed by atoms with Gasteiger partial charge in [-0.2, -0.15) is 8.78 Å². The maximum atomic E-state index is 12.5. The zero-order valence-electron chi connectivity index (χ0n) is 15.3. The molecule has 2 rings (SSSR count). The van der Waals surface area contributed by atoms with Crippen molar-refractivity contribution in [1.82, 2.24) is 5.32 Å². The Labute approximate surface area is 157 Å². The van der Waals surface area contributed by atoms with Crippen molar-refractivity contribution in [3.63, 3.8) is 0 Å². The van der Waals surface area contributed by atoms with Gasteiger partial charge in [-0.05, 0) is 37.6 Å². The van der Waals surface area contributed by atoms with Gasteiger partial charge in [-0.25, -0.2) is 0 Å². The lowest BCUT2D eigenvalue weighted by atomic mass is 10.1. The Bertz CT molecular complexity index is 753. The molecule has 0 fully saturated rings. The molecule has 1 amide bonds. The fourth-order valence-electron chi connectivity index (χ4n) is 2.39. The smallest absolute Gasteiger partial charge is 0.387 e. The number of amides is 1. The van der Waals surface area contributed by atoms with Gasteiger partial charge < -0.3 is 19.5 Å². The largest absolute Gasteiger partial charge is 0.490 e. The lowest BCUT2D eigenvalue weighted by Crippen LogP contribution is -2.23. The van der Waals surface area contributed by atoms with Gasteiger partial charge in [0, 0.05) is 17.7 Å². The summed E-state index contributed by atoms with van der Waals surface area (Å²) in [6.07, 6.45) is 0.855. The molecule has 0 aliphatic carbocycles. The van der Waals surface area contributed by atoms with E-state index in [0.717, 1.165) is 6.42 Å². The van der Waals surface area contributed by atoms with E-state index < -0.39 is 6.61 Å². The van der Waals surface area contributed by atoms with Crippen LogP contribution in [-0.4, -0.2) is 25.7 Å². The molecule has 146 valence electrons. The van der Waals surface area contributed by atoms with Crippen LogP contribution < -0.4 is 19.5 Å². The van der Waals surface area contributed by atoms with E-state index in [-0.39, 0.29) is 18.2 Å². The number of nitrogens with one attached hydrogen (secondary N) is 1. The molecular formula is C20H23F2NO4. The molecule has 0 unspecified atom stereocenters. The van der Waals surface area contributed by atoms with Gasteiger partial charge in [0.15, 0.2) is 11.5 Å². The van der Waals surface area contributed by atoms with Crippen LogP contribution in [0.1, 0.15) is 36.2 Å². The second-order valence-corrected chi connectivity index (χ2v) is 5.61. The fraction of sp³-hybridized carbons (Fsp3) is 0.350. The standard InChI is InChI=1S/C20H23F2NO4/c1-3-11-26-17-10-9-14(12-18(17)25-4-2)19(24)23-13-15-7-5-6-8-16(15)27-20(21)22/h5-10,12,20H,3-4,11,13H2,1-2H3,(H,23,24). The average Bonchev–Trinajstić information content (AvgIpc) is 2.66. The summed E-state index contributed by atoms with van der Waals surface area (Å²) in [4.78, 5) is 12.4. The first kappa shape index (κ1) is 20.5. The first-order valence-electron chi connectivity index (χ1n) is 8.75. The molecule has 2 aromatic rings. The normalized spacial score (nSPS) is 10.6. The average molecular weight is 379 g/mol. The zero-order chi connectivity index (χ0) is 19.6. The van der Waals surface area contributed by atoms with Crippen LogP contribution in [0.5, 0.6) is 17.2 Å². The molecule has 0 saturated carbocycles. The van der Waals surface area contributed by atoms with Crippen molar-refractivity contribution < 1.29 is 27.8 Å². The molecule has 0 saturated heterocycles. The van der Waals surface area contributed by atoms with Crippen molar-refractivity contribution in [2.24, 2.45) is 0 Å². The van der Waals surface area contributed by atoms with Crippen molar-refractivity contribution in [1.29, 1.82) is 0 Å². The summed E-state index contributed by atoms with van der Waals surface area (Å²) in [5.74, 6) is 0.738. The van der Waals surface area contributed by atoms with Crippen molar-refractivity contribution in [3.05, 3.63) is 53.6 Å². The van der Waals surface area contributed by atoms with Crippen LogP contribution in [-0.2, 0) is 6.54 Å². The molecule has 0 radical (unpaired) electrons. The highest BCUT2D eigenvalue weighted by Crippen LogP contribution is 2.29. The topological polar surface area (TPSA) is 56.8 Å². The van der Waals surface area contributed by atoms with E-state index in [4.69, 9.17) is 9.47 Å². The predicted octanol–water partition coefficient (Wildman–Crippen LogP) is 4.41. The number of benzene rings is 2. The first-order valence-corrected chi connectivity index (χ1v) is 8.75. The highest BCUT2D eigenvalue weighted by molar-refractivity contribution is 5.94. The number of halogens is 2. The van der Waals surface area contributed by atoms with Crippen molar-refractivity contribution in [2.45, 2.75) is 33.4 Å². The number of ether oxygens (including phenoxy) is 3. The lowest BCUT2D eigenvalue weighted by molar-refractivity contribution is -0.0504. The van der Waals surface area contributed by atoms with Crippen LogP contribution in [0.15, 0.2) is 42.5 Å². The Morgan fingerprint density at radius 1 is 1.04 bits per heavy atom. The van der Waals surface area contributed by atoms with Crippen molar-refractivity contribution in [3.8, 4) is 17.2 Å². The summed E-state index contributed by atoms with van der Waals surface area (Å²) in [5.41, 5.74) is 0.841. The Morgan fingerprint density at radius 3 is 2.52 bits per heavy atom. The van der Waals surface area contributed by atoms with Gasteiger partial charge in [-0.1, -0.05) is 25.1 Å². The van der Waals surface area contributed by atoms with E-state index in [2.05, 4.69) is 10.1 Å². The molecule has 0 aliphatic rings. The fourth-order valence-corrected chi connectivity index (χ4v) is 2.39. The van der Waals surface area contributed by atoms with Crippen molar-refractivity contribution >= 4 is 5.91 Å². The molecule has 0 spiro atoms. The minimum atomic E-state index is -2.92. The Hall–Kier alpha value is -2.83. The number of carbonyl (C=O) groups is 1. The Balaban J connectivity index is 2.09. The maximum absolute atomic E-state index is 12.5. The quantitative estimate of drug-likeness (QED) is 0.665. The van der Waals surface area contributed by atoms with Crippen LogP contribution in [0, 0.1) is 0 Å². The van der Waals surface area contributed by atoms with Crippen LogP contribution in [0.2, 0.25) is 0 Å². The second-order valence-electron chi connectivity index (χ2n) is 5.61. The van der Waals surface area contributed by atoms with Crippen molar-refractivity contribution in [2.75, 3.05) is 13.2 Å². The van der Waals surface area contributed by atoms with E-state index in [1.54, 1.807) is 36.4 Å². The zero-order valence-corrected chi connectivity index (χ0v) is 15.3. The van der Waals surface area contributed by atoms with Gasteiger partial charge in [-0.15, -0.1) is 0 Å². The molecule has 0 atom stereocenters. The highest BCUT2D eigenvalue weighted by Gasteiger charge is 2.13. The van der Waals surface area contributed by atoms with Gasteiger partial charge >= 0.3 is 6.61 Å². The summed E-state index contributed by atoms with van der Waals surface area (Å²) in [6, 6.07) is 11.2. The minimum absolute atomic E-state index is 0.0334. The maximum Gasteiger partial charge on any atom is 0.387 e.